The molecule has 13 heteroatoms. The van der Waals surface area contributed by atoms with Gasteiger partial charge in [-0.1, -0.05) is 129 Å². The summed E-state index contributed by atoms with van der Waals surface area (Å²) in [6.07, 6.45) is 18.0. The fraction of sp³-hybridized carbons (Fsp3) is 0.927. The average molecular weight is 776 g/mol. The van der Waals surface area contributed by atoms with Crippen molar-refractivity contribution < 1.29 is 49.4 Å². The van der Waals surface area contributed by atoms with E-state index < -0.39 is 48.9 Å². The van der Waals surface area contributed by atoms with Gasteiger partial charge in [0.15, 0.2) is 6.10 Å². The number of aliphatic hydroxyl groups excluding tert-OH is 5. The molecule has 0 radical (unpaired) electrons. The number of nitrogens with one attached hydrogen (secondary N) is 3. The lowest BCUT2D eigenvalue weighted by atomic mass is 10.0. The minimum Gasteiger partial charge on any atom is -0.394 e. The van der Waals surface area contributed by atoms with Crippen molar-refractivity contribution in [1.82, 2.24) is 16.0 Å². The van der Waals surface area contributed by atoms with Gasteiger partial charge < -0.3 is 51.0 Å². The van der Waals surface area contributed by atoms with E-state index in [-0.39, 0.29) is 25.3 Å². The molecule has 5 atom stereocenters. The number of amides is 3. The lowest BCUT2D eigenvalue weighted by Gasteiger charge is -2.26. The minimum absolute atomic E-state index is 0.0848. The molecule has 0 aliphatic carbocycles. The standard InChI is InChI=1S/C41H81N3O10/c1-3-5-7-9-11-13-15-17-19-21-29-53-31-23-27-42-36(47)26-25-34(44-41(52)39(50)38(49)37(48)35(46)33-45)40(51)43-28-24-32-54-30-22-20-18-16-14-12-10-8-6-4-2/h34-35,37-39,45-46,48-50H,3-33H2,1-2H3,(H,42,47)(H,43,51)(H,44,52)/t34-,35-,37-,38+,39-/m0/s1. The van der Waals surface area contributed by atoms with Crippen LogP contribution in [0.3, 0.4) is 0 Å². The molecule has 8 N–H and O–H groups in total. The normalized spacial score (nSPS) is 14.3. The first kappa shape index (κ1) is 52.1. The summed E-state index contributed by atoms with van der Waals surface area (Å²) in [6.45, 7) is 6.56. The molecular formula is C41H81N3O10. The number of carbonyl (C=O) groups is 3. The number of ether oxygens (including phenoxy) is 2. The number of aliphatic hydroxyl groups is 5. The Bertz CT molecular complexity index is 884. The van der Waals surface area contributed by atoms with Gasteiger partial charge in [0, 0.05) is 45.9 Å². The molecule has 0 aromatic rings. The zero-order chi connectivity index (χ0) is 40.1. The number of unbranched alkanes of at least 4 members (excludes halogenated alkanes) is 18. The molecule has 0 aliphatic rings. The van der Waals surface area contributed by atoms with Crippen LogP contribution in [0.2, 0.25) is 0 Å². The van der Waals surface area contributed by atoms with Crippen molar-refractivity contribution in [3.63, 3.8) is 0 Å². The molecule has 320 valence electrons. The Labute approximate surface area is 327 Å². The van der Waals surface area contributed by atoms with Crippen LogP contribution in [0.1, 0.15) is 168 Å². The SMILES string of the molecule is CCCCCCCCCCCCOCCCNC(=O)CC[C@H](NC(=O)[C@@H](O)[C@H](O)[C@@H](O)[C@@H](O)CO)C(=O)NCCCOCCCCCCCCCCCC. The van der Waals surface area contributed by atoms with Crippen molar-refractivity contribution in [2.75, 3.05) is 46.1 Å². The Morgan fingerprint density at radius 2 is 0.926 bits per heavy atom. The van der Waals surface area contributed by atoms with E-state index in [1.807, 2.05) is 0 Å². The van der Waals surface area contributed by atoms with E-state index in [4.69, 9.17) is 14.6 Å². The Morgan fingerprint density at radius 1 is 0.519 bits per heavy atom. The van der Waals surface area contributed by atoms with Gasteiger partial charge in [0.1, 0.15) is 24.4 Å². The highest BCUT2D eigenvalue weighted by atomic mass is 16.5. The van der Waals surface area contributed by atoms with Crippen molar-refractivity contribution in [1.29, 1.82) is 0 Å². The second kappa shape index (κ2) is 38.0. The van der Waals surface area contributed by atoms with Gasteiger partial charge in [-0.15, -0.1) is 0 Å². The predicted molar refractivity (Wildman–Crippen MR) is 213 cm³/mol. The second-order valence-electron chi connectivity index (χ2n) is 14.7. The third-order valence-corrected chi connectivity index (χ3v) is 9.65. The highest BCUT2D eigenvalue weighted by molar-refractivity contribution is 5.90. The molecule has 0 heterocycles. The fourth-order valence-electron chi connectivity index (χ4n) is 6.07. The molecule has 0 unspecified atom stereocenters. The molecule has 0 bridgehead atoms. The lowest BCUT2D eigenvalue weighted by molar-refractivity contribution is -0.150. The summed E-state index contributed by atoms with van der Waals surface area (Å²) in [7, 11) is 0. The van der Waals surface area contributed by atoms with Gasteiger partial charge >= 0.3 is 0 Å². The van der Waals surface area contributed by atoms with Gasteiger partial charge in [0.2, 0.25) is 11.8 Å². The first-order chi connectivity index (χ1) is 26.2. The van der Waals surface area contributed by atoms with Gasteiger partial charge in [-0.2, -0.15) is 0 Å². The second-order valence-corrected chi connectivity index (χ2v) is 14.7. The Hall–Kier alpha value is -1.87. The summed E-state index contributed by atoms with van der Waals surface area (Å²) >= 11 is 0. The molecule has 0 aromatic heterocycles. The highest BCUT2D eigenvalue weighted by Gasteiger charge is 2.35. The molecular weight excluding hydrogens is 694 g/mol. The summed E-state index contributed by atoms with van der Waals surface area (Å²) < 4.78 is 11.4. The van der Waals surface area contributed by atoms with Crippen molar-refractivity contribution in [3.8, 4) is 0 Å². The summed E-state index contributed by atoms with van der Waals surface area (Å²) in [5, 5.41) is 56.8. The number of carbonyl (C=O) groups excluding carboxylic acids is 3. The zero-order valence-corrected chi connectivity index (χ0v) is 34.1. The van der Waals surface area contributed by atoms with E-state index in [1.165, 1.54) is 103 Å². The smallest absolute Gasteiger partial charge is 0.252 e. The third kappa shape index (κ3) is 30.4. The molecule has 0 rings (SSSR count). The minimum atomic E-state index is -2.20. The van der Waals surface area contributed by atoms with Gasteiger partial charge in [0.25, 0.3) is 5.91 Å². The van der Waals surface area contributed by atoms with E-state index >= 15 is 0 Å². The molecule has 0 fully saturated rings. The Kier molecular flexibility index (Phi) is 36.7. The van der Waals surface area contributed by atoms with Crippen LogP contribution in [0.25, 0.3) is 0 Å². The van der Waals surface area contributed by atoms with E-state index in [2.05, 4.69) is 29.8 Å². The van der Waals surface area contributed by atoms with Crippen LogP contribution >= 0.6 is 0 Å². The largest absolute Gasteiger partial charge is 0.394 e. The predicted octanol–water partition coefficient (Wildman–Crippen LogP) is 4.57. The quantitative estimate of drug-likeness (QED) is 0.0407. The van der Waals surface area contributed by atoms with E-state index in [1.54, 1.807) is 0 Å². The molecule has 13 nitrogen and oxygen atoms in total. The molecule has 3 amide bonds. The van der Waals surface area contributed by atoms with Crippen LogP contribution in [0.5, 0.6) is 0 Å². The summed E-state index contributed by atoms with van der Waals surface area (Å²) in [4.78, 5) is 38.3. The molecule has 0 spiro atoms. The number of hydrogen-bond acceptors (Lipinski definition) is 10. The maximum atomic E-state index is 13.0. The molecule has 0 saturated carbocycles. The van der Waals surface area contributed by atoms with Gasteiger partial charge in [0.05, 0.1) is 6.61 Å². The van der Waals surface area contributed by atoms with Crippen LogP contribution in [0.4, 0.5) is 0 Å². The van der Waals surface area contributed by atoms with Crippen LogP contribution < -0.4 is 16.0 Å². The third-order valence-electron chi connectivity index (χ3n) is 9.65. The topological polar surface area (TPSA) is 207 Å². The number of rotatable bonds is 40. The average Bonchev–Trinajstić information content (AvgIpc) is 3.17. The first-order valence-corrected chi connectivity index (χ1v) is 21.5. The summed E-state index contributed by atoms with van der Waals surface area (Å²) in [6, 6.07) is -1.22. The van der Waals surface area contributed by atoms with Crippen molar-refractivity contribution >= 4 is 17.7 Å². The van der Waals surface area contributed by atoms with Crippen LogP contribution in [-0.4, -0.2) is 120 Å². The molecule has 0 aromatic carbocycles. The van der Waals surface area contributed by atoms with Gasteiger partial charge in [-0.25, -0.2) is 0 Å². The van der Waals surface area contributed by atoms with Crippen molar-refractivity contribution in [3.05, 3.63) is 0 Å². The van der Waals surface area contributed by atoms with Crippen LogP contribution in [-0.2, 0) is 23.9 Å². The van der Waals surface area contributed by atoms with E-state index in [9.17, 15) is 34.8 Å². The van der Waals surface area contributed by atoms with Crippen LogP contribution in [0.15, 0.2) is 0 Å². The Balaban J connectivity index is 4.47. The highest BCUT2D eigenvalue weighted by Crippen LogP contribution is 2.12. The van der Waals surface area contributed by atoms with E-state index in [0.29, 0.717) is 45.8 Å². The first-order valence-electron chi connectivity index (χ1n) is 21.5. The maximum Gasteiger partial charge on any atom is 0.252 e. The fourth-order valence-corrected chi connectivity index (χ4v) is 6.07. The molecule has 0 saturated heterocycles. The molecule has 0 aliphatic heterocycles. The monoisotopic (exact) mass is 776 g/mol. The maximum absolute atomic E-state index is 13.0. The Morgan fingerprint density at radius 3 is 1.37 bits per heavy atom. The van der Waals surface area contributed by atoms with E-state index in [0.717, 1.165) is 25.7 Å². The van der Waals surface area contributed by atoms with Crippen molar-refractivity contribution in [2.45, 2.75) is 198 Å². The lowest BCUT2D eigenvalue weighted by Crippen LogP contribution is -2.55. The zero-order valence-electron chi connectivity index (χ0n) is 34.1. The van der Waals surface area contributed by atoms with Crippen molar-refractivity contribution in [2.24, 2.45) is 0 Å². The summed E-state index contributed by atoms with van der Waals surface area (Å²) in [5.41, 5.74) is 0. The molecule has 54 heavy (non-hydrogen) atoms. The van der Waals surface area contributed by atoms with Gasteiger partial charge in [-0.05, 0) is 32.1 Å². The summed E-state index contributed by atoms with van der Waals surface area (Å²) in [5.74, 6) is -2.07. The van der Waals surface area contributed by atoms with Crippen LogP contribution in [0, 0.1) is 0 Å². The number of hydrogen-bond donors (Lipinski definition) is 8. The van der Waals surface area contributed by atoms with Gasteiger partial charge in [-0.3, -0.25) is 14.4 Å².